The van der Waals surface area contributed by atoms with Crippen molar-refractivity contribution in [3.8, 4) is 5.75 Å². The van der Waals surface area contributed by atoms with Gasteiger partial charge in [-0.25, -0.2) is 19.2 Å². The summed E-state index contributed by atoms with van der Waals surface area (Å²) in [7, 11) is 1.60. The SMILES string of the molecule is C.C.C.C.C=C(C)C(=O)CCC.C=C(C)C(=O)OCC.C=C(C)C(=O)OCC(C)COC(=O)C(=C)C.C=CC(=O)CCC.C=CC(=O)OCC.C=CCC.COc1ccc(C(=O)C=Cc2ccccc2)cc1. The molecule has 0 atom stereocenters. The van der Waals surface area contributed by atoms with Gasteiger partial charge in [-0.3, -0.25) is 14.4 Å². The zero-order chi connectivity index (χ0) is 53.5. The molecular weight excluding hydrogens is 913 g/mol. The van der Waals surface area contributed by atoms with Crippen LogP contribution in [0.4, 0.5) is 0 Å². The molecule has 0 aliphatic carbocycles. The van der Waals surface area contributed by atoms with E-state index in [1.165, 1.54) is 6.08 Å². The second kappa shape index (κ2) is 58.4. The quantitative estimate of drug-likeness (QED) is 0.0382. The van der Waals surface area contributed by atoms with E-state index < -0.39 is 11.9 Å². The molecule has 2 rings (SSSR count). The van der Waals surface area contributed by atoms with Crippen molar-refractivity contribution < 1.29 is 57.2 Å². The average molecular weight is 1010 g/mol. The van der Waals surface area contributed by atoms with Crippen LogP contribution in [0.15, 0.2) is 147 Å². The number of hydrogen-bond donors (Lipinski definition) is 0. The topological polar surface area (TPSA) is 166 Å². The number of hydrogen-bond acceptors (Lipinski definition) is 12. The molecule has 0 radical (unpaired) electrons. The fourth-order valence-electron chi connectivity index (χ4n) is 3.56. The molecule has 0 amide bonds. The monoisotopic (exact) mass is 1010 g/mol. The van der Waals surface area contributed by atoms with Gasteiger partial charge in [-0.2, -0.15) is 0 Å². The van der Waals surface area contributed by atoms with Crippen LogP contribution >= 0.6 is 0 Å². The number of carbonyl (C=O) groups is 7. The summed E-state index contributed by atoms with van der Waals surface area (Å²) >= 11 is 0. The van der Waals surface area contributed by atoms with Crippen molar-refractivity contribution in [2.24, 2.45) is 5.92 Å². The van der Waals surface area contributed by atoms with Gasteiger partial charge in [0.15, 0.2) is 17.3 Å². The highest BCUT2D eigenvalue weighted by atomic mass is 16.5. The van der Waals surface area contributed by atoms with Gasteiger partial charge in [-0.05, 0) is 108 Å². The maximum Gasteiger partial charge on any atom is 0.333 e. The van der Waals surface area contributed by atoms with Crippen LogP contribution in [0, 0.1) is 5.92 Å². The molecule has 12 heteroatoms. The molecule has 12 nitrogen and oxygen atoms in total. The lowest BCUT2D eigenvalue weighted by Gasteiger charge is -2.12. The zero-order valence-electron chi connectivity index (χ0n) is 42.9. The van der Waals surface area contributed by atoms with E-state index in [1.807, 2.05) is 63.3 Å². The number of ether oxygens (including phenoxy) is 5. The Morgan fingerprint density at radius 3 is 1.25 bits per heavy atom. The predicted octanol–water partition coefficient (Wildman–Crippen LogP) is 14.9. The molecule has 72 heavy (non-hydrogen) atoms. The highest BCUT2D eigenvalue weighted by molar-refractivity contribution is 6.06. The van der Waals surface area contributed by atoms with Gasteiger partial charge in [0.05, 0.1) is 33.5 Å². The highest BCUT2D eigenvalue weighted by Crippen LogP contribution is 2.13. The Morgan fingerprint density at radius 2 is 0.986 bits per heavy atom. The molecule has 0 aromatic heterocycles. The Labute approximate surface area is 437 Å². The molecule has 0 saturated carbocycles. The van der Waals surface area contributed by atoms with Gasteiger partial charge in [-0.15, -0.1) is 6.58 Å². The number of allylic oxidation sites excluding steroid dienone is 4. The van der Waals surface area contributed by atoms with Crippen molar-refractivity contribution in [3.63, 3.8) is 0 Å². The van der Waals surface area contributed by atoms with Gasteiger partial charge in [0.2, 0.25) is 0 Å². The van der Waals surface area contributed by atoms with Gasteiger partial charge >= 0.3 is 23.9 Å². The first kappa shape index (κ1) is 84.9. The standard InChI is InChI=1S/C16H14O2.C12H18O4.C7H12O.C6H10O2.C6H10O.C5H8O2.C4H8.4CH4/c1-18-15-10-8-14(9-11-15)16(17)12-7-13-5-3-2-4-6-13;1-8(2)11(13)15-6-10(5)7-16-12(14)9(3)4;1-4-5-7(8)6(2)3;1-4-8-6(7)5(2)3;1-3-5-6(7)4-2;1-3-5(6)7-4-2;1-3-4-2;;;;/h2-12H,1H3;10H,1,3,6-7H2,2,4-5H3;2,4-5H2,1,3H3;2,4H2,1,3H3;4H,2-3,5H2,1H3;3H,1,4H2,2H3;3H,1,4H2,2H3;4*1H4. The van der Waals surface area contributed by atoms with Crippen molar-refractivity contribution in [2.75, 3.05) is 33.5 Å². The van der Waals surface area contributed by atoms with Gasteiger partial charge in [0.25, 0.3) is 0 Å². The lowest BCUT2D eigenvalue weighted by molar-refractivity contribution is -0.144. The van der Waals surface area contributed by atoms with Crippen LogP contribution in [0.2, 0.25) is 0 Å². The molecule has 0 N–H and O–H groups in total. The van der Waals surface area contributed by atoms with Crippen LogP contribution < -0.4 is 4.74 Å². The molecule has 408 valence electrons. The number of carbonyl (C=O) groups excluding carboxylic acids is 7. The van der Waals surface area contributed by atoms with Crippen LogP contribution in [0.5, 0.6) is 5.75 Å². The van der Waals surface area contributed by atoms with E-state index in [4.69, 9.17) is 14.2 Å². The van der Waals surface area contributed by atoms with E-state index in [0.29, 0.717) is 53.9 Å². The van der Waals surface area contributed by atoms with Crippen molar-refractivity contribution in [1.82, 2.24) is 0 Å². The van der Waals surface area contributed by atoms with Crippen LogP contribution in [-0.4, -0.2) is 74.8 Å². The fraction of sp³-hybridized carbons (Fsp3) is 0.417. The summed E-state index contributed by atoms with van der Waals surface area (Å²) in [5.74, 6) is -0.521. The minimum absolute atomic E-state index is 0. The Hall–Kier alpha value is -6.95. The maximum absolute atomic E-state index is 11.9. The average Bonchev–Trinajstić information content (AvgIpc) is 3.33. The van der Waals surface area contributed by atoms with Gasteiger partial charge in [0, 0.05) is 47.1 Å². The number of ketones is 3. The zero-order valence-corrected chi connectivity index (χ0v) is 42.9. The van der Waals surface area contributed by atoms with Crippen LogP contribution in [0.3, 0.4) is 0 Å². The van der Waals surface area contributed by atoms with Crippen LogP contribution in [0.25, 0.3) is 6.08 Å². The minimum atomic E-state index is -0.432. The minimum Gasteiger partial charge on any atom is -0.497 e. The van der Waals surface area contributed by atoms with Crippen LogP contribution in [-0.2, 0) is 47.7 Å². The van der Waals surface area contributed by atoms with E-state index in [-0.39, 0.29) is 78.1 Å². The normalized spacial score (nSPS) is 8.56. The number of methoxy groups -OCH3 is 1. The summed E-state index contributed by atoms with van der Waals surface area (Å²) in [6.45, 7) is 43.0. The lowest BCUT2D eigenvalue weighted by atomic mass is 10.1. The Kier molecular flexibility index (Phi) is 68.9. The molecule has 0 spiro atoms. The summed E-state index contributed by atoms with van der Waals surface area (Å²) in [4.78, 5) is 75.4. The Morgan fingerprint density at radius 1 is 0.569 bits per heavy atom. The van der Waals surface area contributed by atoms with Gasteiger partial charge in [-0.1, -0.05) is 139 Å². The first-order valence-corrected chi connectivity index (χ1v) is 22.2. The molecule has 2 aromatic carbocycles. The number of rotatable bonds is 21. The number of Topliss-reactive ketones (excluding diaryl/α,β-unsaturated/α-hetero) is 1. The highest BCUT2D eigenvalue weighted by Gasteiger charge is 2.11. The Balaban J connectivity index is -0.0000000960. The van der Waals surface area contributed by atoms with E-state index >= 15 is 0 Å². The lowest BCUT2D eigenvalue weighted by Crippen LogP contribution is -2.18. The molecule has 0 fully saturated rings. The second-order valence-electron chi connectivity index (χ2n) is 14.2. The van der Waals surface area contributed by atoms with E-state index in [2.05, 4.69) is 62.5 Å². The molecule has 0 unspecified atom stereocenters. The number of benzene rings is 2. The largest absolute Gasteiger partial charge is 0.497 e. The third kappa shape index (κ3) is 57.4. The van der Waals surface area contributed by atoms with Crippen molar-refractivity contribution >= 4 is 47.3 Å². The van der Waals surface area contributed by atoms with E-state index in [0.717, 1.165) is 36.7 Å². The summed E-state index contributed by atoms with van der Waals surface area (Å²) in [5, 5.41) is 0. The van der Waals surface area contributed by atoms with Gasteiger partial charge < -0.3 is 23.7 Å². The van der Waals surface area contributed by atoms with E-state index in [9.17, 15) is 33.6 Å². The molecular formula is C60H96O12. The molecule has 0 heterocycles. The first-order valence-electron chi connectivity index (χ1n) is 22.2. The summed E-state index contributed by atoms with van der Waals surface area (Å²) in [6.07, 6.45) is 12.0. The number of esters is 4. The molecule has 0 bridgehead atoms. The molecule has 0 aliphatic heterocycles. The van der Waals surface area contributed by atoms with Crippen molar-refractivity contribution in [1.29, 1.82) is 0 Å². The van der Waals surface area contributed by atoms with Crippen LogP contribution in [0.1, 0.15) is 147 Å². The predicted molar refractivity (Wildman–Crippen MR) is 304 cm³/mol. The van der Waals surface area contributed by atoms with E-state index in [1.54, 1.807) is 79.0 Å². The maximum atomic E-state index is 11.9. The molecule has 0 aliphatic rings. The summed E-state index contributed by atoms with van der Waals surface area (Å²) in [5.41, 5.74) is 3.50. The van der Waals surface area contributed by atoms with Gasteiger partial charge in [0.1, 0.15) is 5.75 Å². The summed E-state index contributed by atoms with van der Waals surface area (Å²) in [6, 6.07) is 16.8. The third-order valence-corrected chi connectivity index (χ3v) is 7.34. The molecule has 0 saturated heterocycles. The fourth-order valence-corrected chi connectivity index (χ4v) is 3.56. The smallest absolute Gasteiger partial charge is 0.333 e. The molecule has 2 aromatic rings. The Bertz CT molecular complexity index is 1800. The van der Waals surface area contributed by atoms with Crippen molar-refractivity contribution in [2.45, 2.75) is 131 Å². The van der Waals surface area contributed by atoms with Crippen molar-refractivity contribution in [3.05, 3.63) is 158 Å². The first-order chi connectivity index (χ1) is 32.0. The third-order valence-electron chi connectivity index (χ3n) is 7.34. The second-order valence-corrected chi connectivity index (χ2v) is 14.2. The summed E-state index contributed by atoms with van der Waals surface area (Å²) < 4.78 is 23.9.